The molecular formula is C15H17N5OS. The second kappa shape index (κ2) is 8.20. The fourth-order valence-electron chi connectivity index (χ4n) is 1.77. The van der Waals surface area contributed by atoms with Crippen molar-refractivity contribution in [2.45, 2.75) is 26.2 Å². The molecule has 0 fully saturated rings. The topological polar surface area (TPSA) is 87.1 Å². The van der Waals surface area contributed by atoms with Gasteiger partial charge in [-0.25, -0.2) is 4.99 Å². The van der Waals surface area contributed by atoms with Crippen LogP contribution in [-0.2, 0) is 6.42 Å². The maximum atomic E-state index is 8.62. The molecule has 114 valence electrons. The molecule has 6 nitrogen and oxygen atoms in total. The number of unbranched alkanes of at least 4 members (excludes halogenated alkanes) is 1. The van der Waals surface area contributed by atoms with Gasteiger partial charge in [-0.15, -0.1) is 10.2 Å². The van der Waals surface area contributed by atoms with Crippen LogP contribution < -0.4 is 5.32 Å². The molecule has 1 aromatic carbocycles. The van der Waals surface area contributed by atoms with E-state index >= 15 is 0 Å². The van der Waals surface area contributed by atoms with E-state index in [1.165, 1.54) is 11.8 Å². The number of hydrogen-bond donors (Lipinski definition) is 1. The number of nitriles is 1. The van der Waals surface area contributed by atoms with Crippen molar-refractivity contribution in [1.29, 1.82) is 5.26 Å². The zero-order valence-corrected chi connectivity index (χ0v) is 13.4. The van der Waals surface area contributed by atoms with Gasteiger partial charge in [-0.3, -0.25) is 5.32 Å². The quantitative estimate of drug-likeness (QED) is 0.393. The zero-order chi connectivity index (χ0) is 15.8. The summed E-state index contributed by atoms with van der Waals surface area (Å²) in [5.41, 5.74) is 1.61. The first-order valence-corrected chi connectivity index (χ1v) is 8.20. The van der Waals surface area contributed by atoms with Gasteiger partial charge in [-0.05, 0) is 36.9 Å². The number of hydrogen-bond acceptors (Lipinski definition) is 6. The molecular weight excluding hydrogens is 298 g/mol. The minimum atomic E-state index is 0.516. The predicted octanol–water partition coefficient (Wildman–Crippen LogP) is 3.50. The number of nitrogens with one attached hydrogen (secondary N) is 1. The number of amidine groups is 1. The number of aromatic nitrogens is 2. The third kappa shape index (κ3) is 4.33. The van der Waals surface area contributed by atoms with Crippen molar-refractivity contribution in [2.24, 2.45) is 4.99 Å². The molecule has 0 atom stereocenters. The minimum Gasteiger partial charge on any atom is -0.421 e. The molecule has 1 heterocycles. The van der Waals surface area contributed by atoms with Crippen LogP contribution >= 0.6 is 11.8 Å². The Balaban J connectivity index is 2.11. The van der Waals surface area contributed by atoms with Crippen molar-refractivity contribution in [3.8, 4) is 17.6 Å². The third-order valence-corrected chi connectivity index (χ3v) is 3.49. The van der Waals surface area contributed by atoms with Gasteiger partial charge in [0.1, 0.15) is 0 Å². The zero-order valence-electron chi connectivity index (χ0n) is 12.5. The molecule has 2 aromatic rings. The fraction of sp³-hybridized carbons (Fsp3) is 0.333. The molecule has 0 unspecified atom stereocenters. The van der Waals surface area contributed by atoms with E-state index in [9.17, 15) is 0 Å². The molecule has 7 heteroatoms. The average molecular weight is 315 g/mol. The summed E-state index contributed by atoms with van der Waals surface area (Å²) in [4.78, 5) is 4.33. The molecule has 2 rings (SSSR count). The second-order valence-corrected chi connectivity index (χ2v) is 5.30. The van der Waals surface area contributed by atoms with Crippen LogP contribution in [0, 0.1) is 11.5 Å². The van der Waals surface area contributed by atoms with Gasteiger partial charge in [0.05, 0.1) is 5.69 Å². The summed E-state index contributed by atoms with van der Waals surface area (Å²) in [6.45, 7) is 2.13. The van der Waals surface area contributed by atoms with Gasteiger partial charge < -0.3 is 4.42 Å². The number of aryl methyl sites for hydroxylation is 1. The summed E-state index contributed by atoms with van der Waals surface area (Å²) in [6.07, 6.45) is 6.66. The molecule has 0 bridgehead atoms. The average Bonchev–Trinajstić information content (AvgIpc) is 3.02. The van der Waals surface area contributed by atoms with Gasteiger partial charge in [0.15, 0.2) is 11.4 Å². The van der Waals surface area contributed by atoms with Crippen molar-refractivity contribution < 1.29 is 4.42 Å². The number of rotatable bonds is 5. The van der Waals surface area contributed by atoms with Crippen LogP contribution in [0.2, 0.25) is 0 Å². The molecule has 0 aliphatic rings. The SMILES string of the molecule is CCCCc1nnc(-c2ccc(N=C(NC#N)SC)cc2)o1. The lowest BCUT2D eigenvalue weighted by molar-refractivity contribution is 0.496. The van der Waals surface area contributed by atoms with Gasteiger partial charge in [0, 0.05) is 12.0 Å². The number of benzene rings is 1. The van der Waals surface area contributed by atoms with Gasteiger partial charge in [0.2, 0.25) is 11.8 Å². The first-order chi connectivity index (χ1) is 10.8. The summed E-state index contributed by atoms with van der Waals surface area (Å²) in [6, 6.07) is 7.45. The molecule has 0 saturated heterocycles. The lowest BCUT2D eigenvalue weighted by atomic mass is 10.2. The Labute approximate surface area is 133 Å². The first kappa shape index (κ1) is 16.0. The molecule has 1 N–H and O–H groups in total. The number of thioether (sulfide) groups is 1. The van der Waals surface area contributed by atoms with Gasteiger partial charge in [-0.2, -0.15) is 5.26 Å². The standard InChI is InChI=1S/C15H17N5OS/c1-3-4-5-13-19-20-14(21-13)11-6-8-12(9-7-11)18-15(22-2)17-10-16/h6-9H,3-5H2,1-2H3,(H,17,18). The smallest absolute Gasteiger partial charge is 0.247 e. The van der Waals surface area contributed by atoms with Crippen molar-refractivity contribution in [1.82, 2.24) is 15.5 Å². The first-order valence-electron chi connectivity index (χ1n) is 6.97. The second-order valence-electron chi connectivity index (χ2n) is 4.51. The van der Waals surface area contributed by atoms with Gasteiger partial charge >= 0.3 is 0 Å². The highest BCUT2D eigenvalue weighted by atomic mass is 32.2. The van der Waals surface area contributed by atoms with Crippen LogP contribution in [0.4, 0.5) is 5.69 Å². The molecule has 22 heavy (non-hydrogen) atoms. The van der Waals surface area contributed by atoms with Crippen LogP contribution in [0.3, 0.4) is 0 Å². The summed E-state index contributed by atoms with van der Waals surface area (Å²) in [5, 5.41) is 19.8. The Morgan fingerprint density at radius 2 is 2.14 bits per heavy atom. The highest BCUT2D eigenvalue weighted by molar-refractivity contribution is 8.13. The van der Waals surface area contributed by atoms with E-state index in [4.69, 9.17) is 9.68 Å². The fourth-order valence-corrected chi connectivity index (χ4v) is 2.11. The maximum absolute atomic E-state index is 8.62. The van der Waals surface area contributed by atoms with Crippen molar-refractivity contribution >= 4 is 22.6 Å². The molecule has 1 aromatic heterocycles. The van der Waals surface area contributed by atoms with Crippen molar-refractivity contribution in [3.63, 3.8) is 0 Å². The van der Waals surface area contributed by atoms with E-state index in [-0.39, 0.29) is 0 Å². The lowest BCUT2D eigenvalue weighted by Crippen LogP contribution is -2.12. The van der Waals surface area contributed by atoms with Crippen molar-refractivity contribution in [2.75, 3.05) is 6.26 Å². The summed E-state index contributed by atoms with van der Waals surface area (Å²) >= 11 is 1.38. The monoisotopic (exact) mass is 315 g/mol. The number of aliphatic imine (C=N–C) groups is 1. The van der Waals surface area contributed by atoms with Gasteiger partial charge in [-0.1, -0.05) is 25.1 Å². The predicted molar refractivity (Wildman–Crippen MR) is 87.7 cm³/mol. The third-order valence-electron chi connectivity index (χ3n) is 2.91. The van der Waals surface area contributed by atoms with Crippen LogP contribution in [-0.4, -0.2) is 21.6 Å². The Hall–Kier alpha value is -2.33. The van der Waals surface area contributed by atoms with E-state index in [2.05, 4.69) is 27.4 Å². The highest BCUT2D eigenvalue weighted by Crippen LogP contribution is 2.22. The van der Waals surface area contributed by atoms with Crippen molar-refractivity contribution in [3.05, 3.63) is 30.2 Å². The van der Waals surface area contributed by atoms with Gasteiger partial charge in [0.25, 0.3) is 0 Å². The van der Waals surface area contributed by atoms with E-state index < -0.39 is 0 Å². The van der Waals surface area contributed by atoms with E-state index in [1.807, 2.05) is 36.7 Å². The Morgan fingerprint density at radius 3 is 2.77 bits per heavy atom. The van der Waals surface area contributed by atoms with E-state index in [0.717, 1.165) is 30.5 Å². The molecule has 0 saturated carbocycles. The largest absolute Gasteiger partial charge is 0.421 e. The van der Waals surface area contributed by atoms with E-state index in [0.29, 0.717) is 16.9 Å². The summed E-state index contributed by atoms with van der Waals surface area (Å²) in [7, 11) is 0. The molecule has 0 aliphatic heterocycles. The Morgan fingerprint density at radius 1 is 1.36 bits per heavy atom. The van der Waals surface area contributed by atoms with E-state index in [1.54, 1.807) is 0 Å². The van der Waals surface area contributed by atoms with Crippen LogP contribution in [0.1, 0.15) is 25.7 Å². The van der Waals surface area contributed by atoms with Crippen LogP contribution in [0.5, 0.6) is 0 Å². The summed E-state index contributed by atoms with van der Waals surface area (Å²) in [5.74, 6) is 1.18. The Kier molecular flexibility index (Phi) is 5.98. The number of nitrogens with zero attached hydrogens (tertiary/aromatic N) is 4. The normalized spacial score (nSPS) is 11.2. The summed E-state index contributed by atoms with van der Waals surface area (Å²) < 4.78 is 5.63. The molecule has 0 amide bonds. The molecule has 0 spiro atoms. The van der Waals surface area contributed by atoms with Crippen LogP contribution in [0.15, 0.2) is 33.7 Å². The lowest BCUT2D eigenvalue weighted by Gasteiger charge is -2.00. The Bertz CT molecular complexity index is 672. The van der Waals surface area contributed by atoms with Crippen LogP contribution in [0.25, 0.3) is 11.5 Å². The minimum absolute atomic E-state index is 0.516. The molecule has 0 radical (unpaired) electrons. The molecule has 0 aliphatic carbocycles. The highest BCUT2D eigenvalue weighted by Gasteiger charge is 2.08. The maximum Gasteiger partial charge on any atom is 0.247 e.